The van der Waals surface area contributed by atoms with Gasteiger partial charge in [-0.25, -0.2) is 0 Å². The number of β-lactam (4-membered cyclic amide) rings is 1. The third-order valence-electron chi connectivity index (χ3n) is 6.44. The summed E-state index contributed by atoms with van der Waals surface area (Å²) in [4.78, 5) is 36.6. The molecule has 1 aliphatic rings. The van der Waals surface area contributed by atoms with Crippen molar-refractivity contribution in [3.05, 3.63) is 0 Å². The average molecular weight is 442 g/mol. The summed E-state index contributed by atoms with van der Waals surface area (Å²) in [5.41, 5.74) is 0. The van der Waals surface area contributed by atoms with Crippen LogP contribution >= 0.6 is 0 Å². The summed E-state index contributed by atoms with van der Waals surface area (Å²) < 4.78 is 11.7. The Balaban J connectivity index is 2.47. The van der Waals surface area contributed by atoms with Gasteiger partial charge >= 0.3 is 5.97 Å². The number of Topliss-reactive ketones (excluding diaryl/α,β-unsaturated/α-hetero) is 1. The van der Waals surface area contributed by atoms with Crippen LogP contribution in [0.2, 0.25) is 18.1 Å². The number of ketones is 1. The molecule has 0 aliphatic carbocycles. The van der Waals surface area contributed by atoms with Crippen LogP contribution in [0.5, 0.6) is 0 Å². The maximum Gasteiger partial charge on any atom is 0.313 e. The van der Waals surface area contributed by atoms with Gasteiger partial charge in [-0.1, -0.05) is 47.0 Å². The average Bonchev–Trinajstić information content (AvgIpc) is 2.56. The van der Waals surface area contributed by atoms with Crippen molar-refractivity contribution in [1.82, 2.24) is 5.32 Å². The van der Waals surface area contributed by atoms with Crippen LogP contribution in [-0.2, 0) is 23.5 Å². The SMILES string of the molecule is CCCCCCC(C)OC(=O)CC(=O)CC1NC(=O)[C@@H]1[C@@H](C)O[Si](C)(C)C(C)(C)C. The lowest BCUT2D eigenvalue weighted by Gasteiger charge is -2.45. The van der Waals surface area contributed by atoms with E-state index in [2.05, 4.69) is 46.1 Å². The van der Waals surface area contributed by atoms with Gasteiger partial charge in [-0.05, 0) is 44.8 Å². The van der Waals surface area contributed by atoms with E-state index in [9.17, 15) is 14.4 Å². The lowest BCUT2D eigenvalue weighted by atomic mass is 9.83. The quantitative estimate of drug-likeness (QED) is 0.146. The molecule has 1 fully saturated rings. The largest absolute Gasteiger partial charge is 0.462 e. The summed E-state index contributed by atoms with van der Waals surface area (Å²) in [6.45, 7) is 16.7. The number of amides is 1. The molecule has 0 aromatic rings. The van der Waals surface area contributed by atoms with Crippen molar-refractivity contribution in [3.63, 3.8) is 0 Å². The first-order chi connectivity index (χ1) is 13.8. The number of rotatable bonds is 13. The van der Waals surface area contributed by atoms with Gasteiger partial charge in [0.25, 0.3) is 0 Å². The second-order valence-electron chi connectivity index (χ2n) is 10.3. The van der Waals surface area contributed by atoms with E-state index in [-0.39, 0.29) is 53.7 Å². The highest BCUT2D eigenvalue weighted by atomic mass is 28.4. The number of hydrogen-bond acceptors (Lipinski definition) is 5. The van der Waals surface area contributed by atoms with E-state index in [1.807, 2.05) is 13.8 Å². The Bertz CT molecular complexity index is 599. The maximum absolute atomic E-state index is 12.4. The molecule has 6 nitrogen and oxygen atoms in total. The van der Waals surface area contributed by atoms with E-state index in [0.29, 0.717) is 0 Å². The van der Waals surface area contributed by atoms with E-state index in [4.69, 9.17) is 9.16 Å². The molecule has 30 heavy (non-hydrogen) atoms. The van der Waals surface area contributed by atoms with Crippen LogP contribution < -0.4 is 5.32 Å². The van der Waals surface area contributed by atoms with Crippen LogP contribution in [0.15, 0.2) is 0 Å². The van der Waals surface area contributed by atoms with Gasteiger partial charge < -0.3 is 14.5 Å². The summed E-state index contributed by atoms with van der Waals surface area (Å²) in [5.74, 6) is -1.11. The van der Waals surface area contributed by atoms with Crippen LogP contribution in [0.1, 0.15) is 86.5 Å². The van der Waals surface area contributed by atoms with Crippen molar-refractivity contribution in [1.29, 1.82) is 0 Å². The minimum absolute atomic E-state index is 0.0454. The lowest BCUT2D eigenvalue weighted by molar-refractivity contribution is -0.150. The number of nitrogens with one attached hydrogen (secondary N) is 1. The van der Waals surface area contributed by atoms with Crippen LogP contribution in [0.4, 0.5) is 0 Å². The first kappa shape index (κ1) is 26.8. The molecule has 0 bridgehead atoms. The van der Waals surface area contributed by atoms with Crippen LogP contribution in [0, 0.1) is 5.92 Å². The number of carbonyl (C=O) groups is 3. The minimum atomic E-state index is -2.01. The summed E-state index contributed by atoms with van der Waals surface area (Å²) in [6, 6.07) is -0.274. The number of hydrogen-bond donors (Lipinski definition) is 1. The van der Waals surface area contributed by atoms with Crippen LogP contribution in [0.3, 0.4) is 0 Å². The normalized spacial score (nSPS) is 21.4. The molecule has 1 amide bonds. The summed E-state index contributed by atoms with van der Waals surface area (Å²) in [5, 5.41) is 2.85. The van der Waals surface area contributed by atoms with Crippen LogP contribution in [0.25, 0.3) is 0 Å². The van der Waals surface area contributed by atoms with Crippen molar-refractivity contribution >= 4 is 26.0 Å². The smallest absolute Gasteiger partial charge is 0.313 e. The highest BCUT2D eigenvalue weighted by Crippen LogP contribution is 2.39. The fourth-order valence-corrected chi connectivity index (χ4v) is 4.98. The van der Waals surface area contributed by atoms with Crippen LogP contribution in [-0.4, -0.2) is 44.2 Å². The molecule has 0 spiro atoms. The molecule has 7 heteroatoms. The second kappa shape index (κ2) is 11.4. The molecule has 1 heterocycles. The highest BCUT2D eigenvalue weighted by molar-refractivity contribution is 6.74. The molecule has 0 saturated carbocycles. The Hall–Kier alpha value is -1.21. The van der Waals surface area contributed by atoms with Crippen molar-refractivity contribution in [2.24, 2.45) is 5.92 Å². The lowest BCUT2D eigenvalue weighted by Crippen LogP contribution is -2.64. The van der Waals surface area contributed by atoms with Gasteiger partial charge in [-0.15, -0.1) is 0 Å². The molecule has 0 aromatic heterocycles. The van der Waals surface area contributed by atoms with E-state index in [1.165, 1.54) is 12.8 Å². The van der Waals surface area contributed by atoms with E-state index in [0.717, 1.165) is 19.3 Å². The van der Waals surface area contributed by atoms with E-state index >= 15 is 0 Å². The molecule has 2 unspecified atom stereocenters. The molecule has 4 atom stereocenters. The molecule has 1 rings (SSSR count). The molecule has 1 N–H and O–H groups in total. The maximum atomic E-state index is 12.4. The highest BCUT2D eigenvalue weighted by Gasteiger charge is 2.47. The molecular formula is C23H43NO5Si. The molecule has 0 aromatic carbocycles. The van der Waals surface area contributed by atoms with Crippen molar-refractivity contribution < 1.29 is 23.5 Å². The number of carbonyl (C=O) groups excluding carboxylic acids is 3. The zero-order valence-electron chi connectivity index (χ0n) is 20.3. The van der Waals surface area contributed by atoms with Gasteiger partial charge in [0.2, 0.25) is 5.91 Å². The van der Waals surface area contributed by atoms with Gasteiger partial charge in [0.15, 0.2) is 8.32 Å². The van der Waals surface area contributed by atoms with Gasteiger partial charge in [-0.2, -0.15) is 0 Å². The zero-order valence-corrected chi connectivity index (χ0v) is 21.3. The van der Waals surface area contributed by atoms with E-state index in [1.54, 1.807) is 0 Å². The molecule has 0 radical (unpaired) electrons. The van der Waals surface area contributed by atoms with Gasteiger partial charge in [0, 0.05) is 12.5 Å². The Kier molecular flexibility index (Phi) is 10.2. The predicted molar refractivity (Wildman–Crippen MR) is 122 cm³/mol. The Morgan fingerprint density at radius 3 is 2.30 bits per heavy atom. The van der Waals surface area contributed by atoms with Crippen molar-refractivity contribution in [2.45, 2.75) is 123 Å². The van der Waals surface area contributed by atoms with Gasteiger partial charge in [0.1, 0.15) is 12.2 Å². The topological polar surface area (TPSA) is 81.7 Å². The molecule has 174 valence electrons. The van der Waals surface area contributed by atoms with Gasteiger partial charge in [-0.3, -0.25) is 14.4 Å². The number of unbranched alkanes of at least 4 members (excludes halogenated alkanes) is 3. The van der Waals surface area contributed by atoms with Crippen molar-refractivity contribution in [3.8, 4) is 0 Å². The predicted octanol–water partition coefficient (Wildman–Crippen LogP) is 4.76. The Morgan fingerprint density at radius 2 is 1.77 bits per heavy atom. The zero-order chi connectivity index (χ0) is 23.1. The Labute approximate surface area is 184 Å². The molecule has 1 saturated heterocycles. The third kappa shape index (κ3) is 8.14. The second-order valence-corrected chi connectivity index (χ2v) is 15.0. The number of esters is 1. The molecule has 1 aliphatic heterocycles. The Morgan fingerprint density at radius 1 is 1.13 bits per heavy atom. The summed E-state index contributed by atoms with van der Waals surface area (Å²) in [6.07, 6.45) is 4.81. The van der Waals surface area contributed by atoms with Gasteiger partial charge in [0.05, 0.1) is 18.1 Å². The summed E-state index contributed by atoms with van der Waals surface area (Å²) >= 11 is 0. The monoisotopic (exact) mass is 441 g/mol. The molecular weight excluding hydrogens is 398 g/mol. The third-order valence-corrected chi connectivity index (χ3v) is 11.0. The standard InChI is InChI=1S/C23H43NO5Si/c1-9-10-11-12-13-16(2)28-20(26)15-18(25)14-19-21(22(27)24-19)17(3)29-30(7,8)23(4,5)6/h16-17,19,21H,9-15H2,1-8H3,(H,24,27)/t16?,17-,19?,21-/m1/s1. The summed E-state index contributed by atoms with van der Waals surface area (Å²) in [7, 11) is -2.01. The minimum Gasteiger partial charge on any atom is -0.462 e. The fraction of sp³-hybridized carbons (Fsp3) is 0.870. The van der Waals surface area contributed by atoms with E-state index < -0.39 is 14.3 Å². The van der Waals surface area contributed by atoms with Crippen molar-refractivity contribution in [2.75, 3.05) is 0 Å². The first-order valence-electron chi connectivity index (χ1n) is 11.5. The first-order valence-corrected chi connectivity index (χ1v) is 14.4. The number of ether oxygens (including phenoxy) is 1. The fourth-order valence-electron chi connectivity index (χ4n) is 3.55.